The number of hydrogen-bond donors (Lipinski definition) is 0. The number of fused-ring (bicyclic) bond motifs is 1. The fourth-order valence-corrected chi connectivity index (χ4v) is 3.34. The minimum absolute atomic E-state index is 0.0990. The van der Waals surface area contributed by atoms with Crippen molar-refractivity contribution >= 4 is 11.6 Å². The predicted molar refractivity (Wildman–Crippen MR) is 105 cm³/mol. The Morgan fingerprint density at radius 3 is 2.70 bits per heavy atom. The first kappa shape index (κ1) is 18.9. The standard InChI is InChI=1S/C21H26N2O4/c1-5-23-14-16(27-19-9-7-6-8-18(19)23)13-22(2)21(24)17-11-10-15(25-3)12-20(17)26-4/h6-12,16H,5,13-14H2,1-4H3/t16-/m0/s1. The van der Waals surface area contributed by atoms with Crippen molar-refractivity contribution < 1.29 is 19.0 Å². The van der Waals surface area contributed by atoms with E-state index in [0.29, 0.717) is 23.6 Å². The summed E-state index contributed by atoms with van der Waals surface area (Å²) in [5, 5.41) is 0. The van der Waals surface area contributed by atoms with Crippen LogP contribution < -0.4 is 19.1 Å². The zero-order chi connectivity index (χ0) is 19.4. The molecule has 0 N–H and O–H groups in total. The number of para-hydroxylation sites is 2. The third-order valence-electron chi connectivity index (χ3n) is 4.77. The summed E-state index contributed by atoms with van der Waals surface area (Å²) in [6.07, 6.45) is -0.0990. The Morgan fingerprint density at radius 1 is 1.22 bits per heavy atom. The third-order valence-corrected chi connectivity index (χ3v) is 4.77. The second-order valence-corrected chi connectivity index (χ2v) is 6.50. The summed E-state index contributed by atoms with van der Waals surface area (Å²) >= 11 is 0. The first-order valence-electron chi connectivity index (χ1n) is 9.05. The molecule has 0 saturated heterocycles. The van der Waals surface area contributed by atoms with Gasteiger partial charge in [-0.2, -0.15) is 0 Å². The molecule has 0 aromatic heterocycles. The number of anilines is 1. The van der Waals surface area contributed by atoms with Crippen molar-refractivity contribution in [3.05, 3.63) is 48.0 Å². The average molecular weight is 370 g/mol. The molecule has 1 aliphatic rings. The van der Waals surface area contributed by atoms with E-state index in [9.17, 15) is 4.79 Å². The monoisotopic (exact) mass is 370 g/mol. The van der Waals surface area contributed by atoms with Crippen molar-refractivity contribution in [2.75, 3.05) is 45.8 Å². The molecule has 0 unspecified atom stereocenters. The first-order chi connectivity index (χ1) is 13.1. The molecular weight excluding hydrogens is 344 g/mol. The Kier molecular flexibility index (Phi) is 5.74. The number of benzene rings is 2. The number of carbonyl (C=O) groups is 1. The molecule has 27 heavy (non-hydrogen) atoms. The maximum atomic E-state index is 12.9. The number of ether oxygens (including phenoxy) is 3. The molecule has 0 radical (unpaired) electrons. The molecule has 2 aromatic carbocycles. The zero-order valence-corrected chi connectivity index (χ0v) is 16.3. The number of amides is 1. The summed E-state index contributed by atoms with van der Waals surface area (Å²) in [6, 6.07) is 13.2. The van der Waals surface area contributed by atoms with Gasteiger partial charge in [0.05, 0.1) is 38.6 Å². The summed E-state index contributed by atoms with van der Waals surface area (Å²) in [7, 11) is 4.91. The van der Waals surface area contributed by atoms with Crippen LogP contribution in [0.1, 0.15) is 17.3 Å². The zero-order valence-electron chi connectivity index (χ0n) is 16.3. The highest BCUT2D eigenvalue weighted by atomic mass is 16.5. The number of likely N-dealkylation sites (N-methyl/N-ethyl adjacent to an activating group) is 2. The van der Waals surface area contributed by atoms with E-state index in [2.05, 4.69) is 17.9 Å². The summed E-state index contributed by atoms with van der Waals surface area (Å²) in [4.78, 5) is 16.9. The number of nitrogens with zero attached hydrogens (tertiary/aromatic N) is 2. The number of carbonyl (C=O) groups excluding carboxylic acids is 1. The minimum atomic E-state index is -0.111. The summed E-state index contributed by atoms with van der Waals surface area (Å²) < 4.78 is 16.7. The molecule has 2 aromatic rings. The van der Waals surface area contributed by atoms with Crippen LogP contribution in [-0.4, -0.2) is 57.8 Å². The largest absolute Gasteiger partial charge is 0.497 e. The van der Waals surface area contributed by atoms with Gasteiger partial charge in [-0.1, -0.05) is 12.1 Å². The molecule has 144 valence electrons. The maximum Gasteiger partial charge on any atom is 0.257 e. The van der Waals surface area contributed by atoms with Gasteiger partial charge in [-0.3, -0.25) is 4.79 Å². The Bertz CT molecular complexity index is 809. The van der Waals surface area contributed by atoms with Gasteiger partial charge in [0.25, 0.3) is 5.91 Å². The van der Waals surface area contributed by atoms with Gasteiger partial charge in [-0.15, -0.1) is 0 Å². The fourth-order valence-electron chi connectivity index (χ4n) is 3.34. The molecule has 6 nitrogen and oxygen atoms in total. The van der Waals surface area contributed by atoms with Gasteiger partial charge in [0.15, 0.2) is 0 Å². The Hall–Kier alpha value is -2.89. The van der Waals surface area contributed by atoms with Crippen LogP contribution in [0, 0.1) is 0 Å². The Labute approximate surface area is 160 Å². The van der Waals surface area contributed by atoms with E-state index in [0.717, 1.165) is 24.5 Å². The highest BCUT2D eigenvalue weighted by Crippen LogP contribution is 2.33. The molecule has 1 atom stereocenters. The van der Waals surface area contributed by atoms with E-state index in [1.54, 1.807) is 44.4 Å². The van der Waals surface area contributed by atoms with Crippen molar-refractivity contribution in [2.24, 2.45) is 0 Å². The second-order valence-electron chi connectivity index (χ2n) is 6.50. The van der Waals surface area contributed by atoms with Gasteiger partial charge < -0.3 is 24.0 Å². The number of hydrogen-bond acceptors (Lipinski definition) is 5. The van der Waals surface area contributed by atoms with Crippen LogP contribution in [0.25, 0.3) is 0 Å². The number of methoxy groups -OCH3 is 2. The van der Waals surface area contributed by atoms with Crippen LogP contribution in [0.15, 0.2) is 42.5 Å². The van der Waals surface area contributed by atoms with E-state index in [-0.39, 0.29) is 12.0 Å². The van der Waals surface area contributed by atoms with Gasteiger partial charge in [0.1, 0.15) is 23.4 Å². The van der Waals surface area contributed by atoms with Crippen molar-refractivity contribution in [2.45, 2.75) is 13.0 Å². The lowest BCUT2D eigenvalue weighted by molar-refractivity contribution is 0.0706. The van der Waals surface area contributed by atoms with Crippen molar-refractivity contribution in [3.8, 4) is 17.2 Å². The number of rotatable bonds is 6. The fraction of sp³-hybridized carbons (Fsp3) is 0.381. The van der Waals surface area contributed by atoms with Gasteiger partial charge in [0, 0.05) is 19.7 Å². The normalized spacial score (nSPS) is 15.6. The van der Waals surface area contributed by atoms with Crippen molar-refractivity contribution in [1.29, 1.82) is 0 Å². The lowest BCUT2D eigenvalue weighted by Gasteiger charge is -2.37. The van der Waals surface area contributed by atoms with Crippen molar-refractivity contribution in [1.82, 2.24) is 4.90 Å². The maximum absolute atomic E-state index is 12.9. The van der Waals surface area contributed by atoms with Crippen LogP contribution >= 0.6 is 0 Å². The lowest BCUT2D eigenvalue weighted by Crippen LogP contribution is -2.46. The first-order valence-corrected chi connectivity index (χ1v) is 9.05. The van der Waals surface area contributed by atoms with E-state index in [1.807, 2.05) is 18.2 Å². The molecule has 0 saturated carbocycles. The average Bonchev–Trinajstić information content (AvgIpc) is 2.71. The molecule has 0 aliphatic carbocycles. The van der Waals surface area contributed by atoms with Crippen molar-refractivity contribution in [3.63, 3.8) is 0 Å². The highest BCUT2D eigenvalue weighted by molar-refractivity contribution is 5.97. The Morgan fingerprint density at radius 2 is 2.00 bits per heavy atom. The molecule has 6 heteroatoms. The third kappa shape index (κ3) is 3.94. The van der Waals surface area contributed by atoms with Gasteiger partial charge in [-0.25, -0.2) is 0 Å². The molecule has 1 amide bonds. The lowest BCUT2D eigenvalue weighted by atomic mass is 10.1. The quantitative estimate of drug-likeness (QED) is 0.782. The summed E-state index contributed by atoms with van der Waals surface area (Å²) in [5.74, 6) is 1.90. The SMILES string of the molecule is CCN1C[C@H](CN(C)C(=O)c2ccc(OC)cc2OC)Oc2ccccc21. The van der Waals surface area contributed by atoms with E-state index in [1.165, 1.54) is 0 Å². The van der Waals surface area contributed by atoms with Crippen LogP contribution in [0.4, 0.5) is 5.69 Å². The molecule has 0 fully saturated rings. The topological polar surface area (TPSA) is 51.2 Å². The molecule has 1 heterocycles. The Balaban J connectivity index is 1.74. The molecule has 0 spiro atoms. The van der Waals surface area contributed by atoms with E-state index >= 15 is 0 Å². The van der Waals surface area contributed by atoms with E-state index in [4.69, 9.17) is 14.2 Å². The summed E-state index contributed by atoms with van der Waals surface area (Å²) in [6.45, 7) is 4.24. The summed E-state index contributed by atoms with van der Waals surface area (Å²) in [5.41, 5.74) is 1.60. The molecular formula is C21H26N2O4. The van der Waals surface area contributed by atoms with Crippen LogP contribution in [0.2, 0.25) is 0 Å². The van der Waals surface area contributed by atoms with Gasteiger partial charge >= 0.3 is 0 Å². The highest BCUT2D eigenvalue weighted by Gasteiger charge is 2.27. The molecule has 0 bridgehead atoms. The van der Waals surface area contributed by atoms with Gasteiger partial charge in [-0.05, 0) is 31.2 Å². The smallest absolute Gasteiger partial charge is 0.257 e. The minimum Gasteiger partial charge on any atom is -0.497 e. The van der Waals surface area contributed by atoms with E-state index < -0.39 is 0 Å². The van der Waals surface area contributed by atoms with Crippen LogP contribution in [0.3, 0.4) is 0 Å². The molecule has 3 rings (SSSR count). The van der Waals surface area contributed by atoms with Crippen LogP contribution in [-0.2, 0) is 0 Å². The predicted octanol–water partition coefficient (Wildman–Crippen LogP) is 3.06. The van der Waals surface area contributed by atoms with Crippen LogP contribution in [0.5, 0.6) is 17.2 Å². The second kappa shape index (κ2) is 8.20. The molecule has 1 aliphatic heterocycles. The van der Waals surface area contributed by atoms with Gasteiger partial charge in [0.2, 0.25) is 0 Å².